The molecule has 2 aromatic rings. The second kappa shape index (κ2) is 5.63. The SMILES string of the molecule is O=[N+]([O-])c1cc(C(F)(F)F)ccc1Cc1noc(C2CC2)c1Br. The lowest BCUT2D eigenvalue weighted by Gasteiger charge is -2.08. The molecule has 0 unspecified atom stereocenters. The molecule has 0 radical (unpaired) electrons. The largest absolute Gasteiger partial charge is 0.416 e. The molecule has 0 amide bonds. The molecule has 0 N–H and O–H groups in total. The fraction of sp³-hybridized carbons (Fsp3) is 0.357. The van der Waals surface area contributed by atoms with Crippen molar-refractivity contribution in [1.82, 2.24) is 5.16 Å². The molecule has 23 heavy (non-hydrogen) atoms. The monoisotopic (exact) mass is 390 g/mol. The Morgan fingerprint density at radius 1 is 1.39 bits per heavy atom. The molecule has 1 saturated carbocycles. The summed E-state index contributed by atoms with van der Waals surface area (Å²) < 4.78 is 43.9. The van der Waals surface area contributed by atoms with Gasteiger partial charge in [0.05, 0.1) is 15.0 Å². The number of nitro benzene ring substituents is 1. The first-order valence-corrected chi connectivity index (χ1v) is 7.55. The molecular weight excluding hydrogens is 381 g/mol. The molecular formula is C14H10BrF3N2O3. The van der Waals surface area contributed by atoms with Crippen molar-refractivity contribution in [2.75, 3.05) is 0 Å². The van der Waals surface area contributed by atoms with E-state index in [0.717, 1.165) is 25.0 Å². The molecule has 3 rings (SSSR count). The maximum Gasteiger partial charge on any atom is 0.416 e. The molecule has 1 fully saturated rings. The molecule has 1 aromatic heterocycles. The third-order valence-electron chi connectivity index (χ3n) is 3.64. The summed E-state index contributed by atoms with van der Waals surface area (Å²) in [6, 6.07) is 2.49. The highest BCUT2D eigenvalue weighted by molar-refractivity contribution is 9.10. The number of alkyl halides is 3. The van der Waals surface area contributed by atoms with Gasteiger partial charge in [-0.3, -0.25) is 10.1 Å². The number of benzene rings is 1. The lowest BCUT2D eigenvalue weighted by atomic mass is 10.0. The van der Waals surface area contributed by atoms with E-state index in [9.17, 15) is 23.3 Å². The van der Waals surface area contributed by atoms with E-state index >= 15 is 0 Å². The minimum absolute atomic E-state index is 0.0191. The summed E-state index contributed by atoms with van der Waals surface area (Å²) in [5, 5.41) is 15.0. The van der Waals surface area contributed by atoms with Crippen molar-refractivity contribution in [3.8, 4) is 0 Å². The molecule has 1 heterocycles. The quantitative estimate of drug-likeness (QED) is 0.553. The summed E-state index contributed by atoms with van der Waals surface area (Å²) >= 11 is 3.35. The van der Waals surface area contributed by atoms with Crippen LogP contribution < -0.4 is 0 Å². The van der Waals surface area contributed by atoms with Crippen LogP contribution in [0.15, 0.2) is 27.2 Å². The first kappa shape index (κ1) is 16.0. The predicted octanol–water partition coefficient (Wildman–Crippen LogP) is 4.83. The Labute approximate surface area is 136 Å². The Balaban J connectivity index is 1.94. The van der Waals surface area contributed by atoms with Gasteiger partial charge in [0.2, 0.25) is 0 Å². The molecule has 1 aliphatic carbocycles. The van der Waals surface area contributed by atoms with E-state index in [1.54, 1.807) is 0 Å². The molecule has 1 aliphatic rings. The average Bonchev–Trinajstić information content (AvgIpc) is 3.24. The summed E-state index contributed by atoms with van der Waals surface area (Å²) in [4.78, 5) is 10.3. The maximum absolute atomic E-state index is 12.7. The molecule has 0 bridgehead atoms. The van der Waals surface area contributed by atoms with Gasteiger partial charge in [-0.25, -0.2) is 0 Å². The van der Waals surface area contributed by atoms with Gasteiger partial charge in [-0.05, 0) is 34.8 Å². The van der Waals surface area contributed by atoms with Crippen molar-refractivity contribution in [2.24, 2.45) is 0 Å². The highest BCUT2D eigenvalue weighted by atomic mass is 79.9. The highest BCUT2D eigenvalue weighted by Crippen LogP contribution is 2.44. The first-order valence-electron chi connectivity index (χ1n) is 6.76. The average molecular weight is 391 g/mol. The maximum atomic E-state index is 12.7. The summed E-state index contributed by atoms with van der Waals surface area (Å²) in [6.45, 7) is 0. The van der Waals surface area contributed by atoms with Gasteiger partial charge < -0.3 is 4.52 Å². The van der Waals surface area contributed by atoms with Crippen LogP contribution in [0.5, 0.6) is 0 Å². The van der Waals surface area contributed by atoms with Crippen LogP contribution >= 0.6 is 15.9 Å². The van der Waals surface area contributed by atoms with Crippen LogP contribution in [0.4, 0.5) is 18.9 Å². The van der Waals surface area contributed by atoms with Crippen molar-refractivity contribution < 1.29 is 22.6 Å². The number of hydrogen-bond acceptors (Lipinski definition) is 4. The van der Waals surface area contributed by atoms with E-state index in [-0.39, 0.29) is 12.0 Å². The van der Waals surface area contributed by atoms with Crippen molar-refractivity contribution in [3.05, 3.63) is 55.4 Å². The Morgan fingerprint density at radius 2 is 2.09 bits per heavy atom. The summed E-state index contributed by atoms with van der Waals surface area (Å²) in [5.74, 6) is 0.989. The molecule has 0 spiro atoms. The second-order valence-corrected chi connectivity index (χ2v) is 6.15. The Hall–Kier alpha value is -1.90. The van der Waals surface area contributed by atoms with Gasteiger partial charge in [-0.1, -0.05) is 11.2 Å². The van der Waals surface area contributed by atoms with Gasteiger partial charge >= 0.3 is 6.18 Å². The predicted molar refractivity (Wildman–Crippen MR) is 77.1 cm³/mol. The van der Waals surface area contributed by atoms with Crippen LogP contribution in [0.3, 0.4) is 0 Å². The standard InChI is InChI=1S/C14H10BrF3N2O3/c15-12-10(19-23-13(12)7-1-2-7)5-8-3-4-9(14(16,17)18)6-11(8)20(21)22/h3-4,6-7H,1-2,5H2. The molecule has 0 saturated heterocycles. The lowest BCUT2D eigenvalue weighted by Crippen LogP contribution is -2.07. The molecule has 5 nitrogen and oxygen atoms in total. The van der Waals surface area contributed by atoms with Gasteiger partial charge in [0, 0.05) is 24.0 Å². The van der Waals surface area contributed by atoms with Crippen molar-refractivity contribution in [1.29, 1.82) is 0 Å². The number of nitrogens with zero attached hydrogens (tertiary/aromatic N) is 2. The number of aromatic nitrogens is 1. The minimum Gasteiger partial charge on any atom is -0.360 e. The van der Waals surface area contributed by atoms with Gasteiger partial charge in [0.15, 0.2) is 5.76 Å². The fourth-order valence-electron chi connectivity index (χ4n) is 2.28. The second-order valence-electron chi connectivity index (χ2n) is 5.36. The van der Waals surface area contributed by atoms with E-state index < -0.39 is 22.4 Å². The zero-order valence-corrected chi connectivity index (χ0v) is 13.1. The summed E-state index contributed by atoms with van der Waals surface area (Å²) in [6.07, 6.45) is -2.62. The van der Waals surface area contributed by atoms with E-state index in [1.807, 2.05) is 0 Å². The summed E-state index contributed by atoms with van der Waals surface area (Å²) in [5.41, 5.74) is -1.04. The lowest BCUT2D eigenvalue weighted by molar-refractivity contribution is -0.385. The van der Waals surface area contributed by atoms with Crippen LogP contribution in [-0.4, -0.2) is 10.1 Å². The Morgan fingerprint density at radius 3 is 2.65 bits per heavy atom. The zero-order valence-electron chi connectivity index (χ0n) is 11.6. The number of hydrogen-bond donors (Lipinski definition) is 0. The van der Waals surface area contributed by atoms with Gasteiger partial charge in [0.25, 0.3) is 5.69 Å². The van der Waals surface area contributed by atoms with Gasteiger partial charge in [-0.2, -0.15) is 13.2 Å². The van der Waals surface area contributed by atoms with Gasteiger partial charge in [0.1, 0.15) is 5.69 Å². The normalized spacial score (nSPS) is 15.0. The number of rotatable bonds is 4. The van der Waals surface area contributed by atoms with E-state index in [1.165, 1.54) is 0 Å². The fourth-order valence-corrected chi connectivity index (χ4v) is 2.88. The van der Waals surface area contributed by atoms with E-state index in [2.05, 4.69) is 21.1 Å². The molecule has 9 heteroatoms. The number of nitro groups is 1. The third-order valence-corrected chi connectivity index (χ3v) is 4.49. The zero-order chi connectivity index (χ0) is 16.8. The van der Waals surface area contributed by atoms with Gasteiger partial charge in [-0.15, -0.1) is 0 Å². The minimum atomic E-state index is -4.63. The Bertz CT molecular complexity index is 769. The molecule has 122 valence electrons. The highest BCUT2D eigenvalue weighted by Gasteiger charge is 2.34. The third kappa shape index (κ3) is 3.24. The van der Waals surface area contributed by atoms with Crippen LogP contribution in [0.25, 0.3) is 0 Å². The van der Waals surface area contributed by atoms with Crippen LogP contribution in [0, 0.1) is 10.1 Å². The van der Waals surface area contributed by atoms with Crippen LogP contribution in [-0.2, 0) is 12.6 Å². The molecule has 1 aromatic carbocycles. The molecule has 0 aliphatic heterocycles. The van der Waals surface area contributed by atoms with E-state index in [4.69, 9.17) is 4.52 Å². The van der Waals surface area contributed by atoms with Crippen molar-refractivity contribution >= 4 is 21.6 Å². The summed E-state index contributed by atoms with van der Waals surface area (Å²) in [7, 11) is 0. The van der Waals surface area contributed by atoms with Crippen molar-refractivity contribution in [3.63, 3.8) is 0 Å². The number of halogens is 4. The van der Waals surface area contributed by atoms with Crippen LogP contribution in [0.2, 0.25) is 0 Å². The van der Waals surface area contributed by atoms with E-state index in [0.29, 0.717) is 27.9 Å². The Kier molecular flexibility index (Phi) is 3.91. The van der Waals surface area contributed by atoms with Crippen LogP contribution in [0.1, 0.15) is 41.3 Å². The molecule has 0 atom stereocenters. The van der Waals surface area contributed by atoms with Crippen molar-refractivity contribution in [2.45, 2.75) is 31.4 Å². The topological polar surface area (TPSA) is 69.2 Å². The first-order chi connectivity index (χ1) is 10.8. The smallest absolute Gasteiger partial charge is 0.360 e.